The zero-order valence-electron chi connectivity index (χ0n) is 12.2. The molecule has 4 nitrogen and oxygen atoms in total. The van der Waals surface area contributed by atoms with E-state index in [1.165, 1.54) is 0 Å². The fourth-order valence-corrected chi connectivity index (χ4v) is 2.74. The molecule has 0 aromatic heterocycles. The summed E-state index contributed by atoms with van der Waals surface area (Å²) in [7, 11) is 1.75. The Morgan fingerprint density at radius 1 is 1.29 bits per heavy atom. The first-order valence-electron chi connectivity index (χ1n) is 7.28. The summed E-state index contributed by atoms with van der Waals surface area (Å²) in [5.41, 5.74) is 1.35. The number of benzene rings is 1. The highest BCUT2D eigenvalue weighted by molar-refractivity contribution is 5.94. The summed E-state index contributed by atoms with van der Waals surface area (Å²) >= 11 is 0. The highest BCUT2D eigenvalue weighted by Gasteiger charge is 2.29. The molecule has 2 atom stereocenters. The second-order valence-electron chi connectivity index (χ2n) is 5.37. The number of hydrogen-bond donors (Lipinski definition) is 2. The van der Waals surface area contributed by atoms with Gasteiger partial charge in [0.2, 0.25) is 0 Å². The van der Waals surface area contributed by atoms with Gasteiger partial charge in [0.15, 0.2) is 0 Å². The third kappa shape index (κ3) is 3.84. The number of carbonyl (C=O) groups excluding carboxylic acids is 1. The molecule has 1 amide bonds. The second kappa shape index (κ2) is 7.26. The van der Waals surface area contributed by atoms with E-state index in [1.54, 1.807) is 36.2 Å². The van der Waals surface area contributed by atoms with Crippen molar-refractivity contribution in [3.63, 3.8) is 0 Å². The normalized spacial score (nSPS) is 21.3. The fraction of sp³-hybridized carbons (Fsp3) is 0.471. The molecule has 112 valence electrons. The molecule has 0 spiro atoms. The van der Waals surface area contributed by atoms with Crippen molar-refractivity contribution in [1.82, 2.24) is 4.90 Å². The predicted octanol–water partition coefficient (Wildman–Crippen LogP) is 1.41. The van der Waals surface area contributed by atoms with Gasteiger partial charge in [-0.3, -0.25) is 4.79 Å². The first-order valence-corrected chi connectivity index (χ1v) is 7.28. The molecule has 2 rings (SSSR count). The van der Waals surface area contributed by atoms with E-state index in [1.807, 2.05) is 0 Å². The molecule has 1 saturated carbocycles. The van der Waals surface area contributed by atoms with Crippen molar-refractivity contribution in [3.05, 3.63) is 35.4 Å². The highest BCUT2D eigenvalue weighted by Crippen LogP contribution is 2.23. The van der Waals surface area contributed by atoms with Crippen LogP contribution in [0.5, 0.6) is 0 Å². The van der Waals surface area contributed by atoms with Gasteiger partial charge in [-0.05, 0) is 37.1 Å². The molecule has 0 saturated heterocycles. The van der Waals surface area contributed by atoms with E-state index >= 15 is 0 Å². The molecule has 21 heavy (non-hydrogen) atoms. The maximum absolute atomic E-state index is 12.5. The molecule has 0 heterocycles. The third-order valence-corrected chi connectivity index (χ3v) is 3.96. The van der Waals surface area contributed by atoms with Gasteiger partial charge in [0.25, 0.3) is 5.91 Å². The van der Waals surface area contributed by atoms with E-state index in [2.05, 4.69) is 11.8 Å². The lowest BCUT2D eigenvalue weighted by atomic mass is 9.91. The Morgan fingerprint density at radius 2 is 1.95 bits per heavy atom. The maximum Gasteiger partial charge on any atom is 0.253 e. The molecule has 2 unspecified atom stereocenters. The lowest BCUT2D eigenvalue weighted by Crippen LogP contribution is -2.46. The van der Waals surface area contributed by atoms with Crippen LogP contribution >= 0.6 is 0 Å². The van der Waals surface area contributed by atoms with Crippen molar-refractivity contribution in [2.45, 2.75) is 37.8 Å². The average molecular weight is 287 g/mol. The van der Waals surface area contributed by atoms with Crippen molar-refractivity contribution < 1.29 is 15.0 Å². The van der Waals surface area contributed by atoms with Crippen LogP contribution in [0.2, 0.25) is 0 Å². The molecule has 0 bridgehead atoms. The largest absolute Gasteiger partial charge is 0.391 e. The van der Waals surface area contributed by atoms with E-state index in [4.69, 9.17) is 5.11 Å². The van der Waals surface area contributed by atoms with Gasteiger partial charge in [-0.2, -0.15) is 0 Å². The SMILES string of the molecule is CN(C(=O)c1ccc(C#CCO)cc1)C1CCCCC1O. The van der Waals surface area contributed by atoms with Crippen LogP contribution in [0.3, 0.4) is 0 Å². The van der Waals surface area contributed by atoms with E-state index in [-0.39, 0.29) is 18.6 Å². The minimum absolute atomic E-state index is 0.0809. The van der Waals surface area contributed by atoms with Gasteiger partial charge < -0.3 is 15.1 Å². The number of nitrogens with zero attached hydrogens (tertiary/aromatic N) is 1. The van der Waals surface area contributed by atoms with Gasteiger partial charge in [0.1, 0.15) is 6.61 Å². The monoisotopic (exact) mass is 287 g/mol. The van der Waals surface area contributed by atoms with E-state index in [9.17, 15) is 9.90 Å². The molecule has 2 N–H and O–H groups in total. The van der Waals surface area contributed by atoms with Crippen LogP contribution in [0.4, 0.5) is 0 Å². The van der Waals surface area contributed by atoms with Gasteiger partial charge in [-0.25, -0.2) is 0 Å². The lowest BCUT2D eigenvalue weighted by molar-refractivity contribution is 0.0268. The van der Waals surface area contributed by atoms with Crippen LogP contribution in [-0.2, 0) is 0 Å². The van der Waals surface area contributed by atoms with Gasteiger partial charge in [0.05, 0.1) is 12.1 Å². The molecule has 1 aliphatic rings. The van der Waals surface area contributed by atoms with Crippen molar-refractivity contribution >= 4 is 5.91 Å². The van der Waals surface area contributed by atoms with Gasteiger partial charge in [0, 0.05) is 18.2 Å². The molecule has 1 fully saturated rings. The number of aliphatic hydroxyl groups excluding tert-OH is 2. The van der Waals surface area contributed by atoms with Crippen LogP contribution in [-0.4, -0.2) is 46.8 Å². The molecule has 4 heteroatoms. The standard InChI is InChI=1S/C17H21NO3/c1-18(15-6-2-3-7-16(15)20)17(21)14-10-8-13(9-11-14)5-4-12-19/h8-11,15-16,19-20H,2-3,6-7,12H2,1H3. The Kier molecular flexibility index (Phi) is 5.38. The van der Waals surface area contributed by atoms with Crippen molar-refractivity contribution in [1.29, 1.82) is 0 Å². The van der Waals surface area contributed by atoms with Gasteiger partial charge in [-0.15, -0.1) is 0 Å². The number of hydrogen-bond acceptors (Lipinski definition) is 3. The van der Waals surface area contributed by atoms with Gasteiger partial charge in [-0.1, -0.05) is 24.7 Å². The summed E-state index contributed by atoms with van der Waals surface area (Å²) in [6, 6.07) is 6.90. The summed E-state index contributed by atoms with van der Waals surface area (Å²) < 4.78 is 0. The summed E-state index contributed by atoms with van der Waals surface area (Å²) in [5.74, 6) is 5.28. The number of rotatable bonds is 2. The van der Waals surface area contributed by atoms with E-state index < -0.39 is 6.10 Å². The van der Waals surface area contributed by atoms with Crippen LogP contribution in [0.1, 0.15) is 41.6 Å². The Bertz CT molecular complexity index is 541. The topological polar surface area (TPSA) is 60.8 Å². The second-order valence-corrected chi connectivity index (χ2v) is 5.37. The summed E-state index contributed by atoms with van der Waals surface area (Å²) in [4.78, 5) is 14.1. The van der Waals surface area contributed by atoms with E-state index in [0.29, 0.717) is 5.56 Å². The Hall–Kier alpha value is -1.83. The first-order chi connectivity index (χ1) is 10.1. The predicted molar refractivity (Wildman–Crippen MR) is 80.8 cm³/mol. The van der Waals surface area contributed by atoms with Crippen LogP contribution in [0.25, 0.3) is 0 Å². The number of carbonyl (C=O) groups is 1. The average Bonchev–Trinajstić information content (AvgIpc) is 2.52. The van der Waals surface area contributed by atoms with Crippen molar-refractivity contribution in [2.75, 3.05) is 13.7 Å². The van der Waals surface area contributed by atoms with Crippen LogP contribution in [0.15, 0.2) is 24.3 Å². The summed E-state index contributed by atoms with van der Waals surface area (Å²) in [6.45, 7) is -0.178. The zero-order valence-corrected chi connectivity index (χ0v) is 12.2. The van der Waals surface area contributed by atoms with Crippen molar-refractivity contribution in [2.24, 2.45) is 0 Å². The summed E-state index contributed by atoms with van der Waals surface area (Å²) in [5, 5.41) is 18.7. The maximum atomic E-state index is 12.5. The van der Waals surface area contributed by atoms with Crippen LogP contribution in [0, 0.1) is 11.8 Å². The first kappa shape index (κ1) is 15.6. The molecule has 1 aromatic carbocycles. The van der Waals surface area contributed by atoms with Crippen LogP contribution < -0.4 is 0 Å². The zero-order chi connectivity index (χ0) is 15.2. The molecule has 1 aliphatic carbocycles. The molecular formula is C17H21NO3. The molecule has 0 radical (unpaired) electrons. The smallest absolute Gasteiger partial charge is 0.253 e. The quantitative estimate of drug-likeness (QED) is 0.808. The fourth-order valence-electron chi connectivity index (χ4n) is 2.74. The lowest BCUT2D eigenvalue weighted by Gasteiger charge is -2.35. The number of amides is 1. The van der Waals surface area contributed by atoms with E-state index in [0.717, 1.165) is 31.2 Å². The minimum atomic E-state index is -0.428. The Morgan fingerprint density at radius 3 is 2.57 bits per heavy atom. The minimum Gasteiger partial charge on any atom is -0.391 e. The Balaban J connectivity index is 2.08. The highest BCUT2D eigenvalue weighted by atomic mass is 16.3. The third-order valence-electron chi connectivity index (χ3n) is 3.96. The Labute approximate surface area is 125 Å². The number of aliphatic hydroxyl groups is 2. The molecule has 0 aliphatic heterocycles. The van der Waals surface area contributed by atoms with Gasteiger partial charge >= 0.3 is 0 Å². The molecular weight excluding hydrogens is 266 g/mol. The van der Waals surface area contributed by atoms with Crippen molar-refractivity contribution in [3.8, 4) is 11.8 Å². The summed E-state index contributed by atoms with van der Waals surface area (Å²) in [6.07, 6.45) is 3.26. The number of likely N-dealkylation sites (N-methyl/N-ethyl adjacent to an activating group) is 1. The molecule has 1 aromatic rings.